The van der Waals surface area contributed by atoms with Crippen molar-refractivity contribution in [2.24, 2.45) is 11.1 Å². The van der Waals surface area contributed by atoms with Gasteiger partial charge >= 0.3 is 0 Å². The average Bonchev–Trinajstić information content (AvgIpc) is 3.16. The van der Waals surface area contributed by atoms with Crippen molar-refractivity contribution < 1.29 is 0 Å². The Balaban J connectivity index is 1.71. The summed E-state index contributed by atoms with van der Waals surface area (Å²) in [5.74, 6) is 1.08. The van der Waals surface area contributed by atoms with Gasteiger partial charge in [0.2, 0.25) is 0 Å². The van der Waals surface area contributed by atoms with Crippen molar-refractivity contribution in [2.75, 3.05) is 11.9 Å². The molecule has 3 nitrogen and oxygen atoms in total. The number of nitrogens with two attached hydrogens (primary N) is 1. The second-order valence-electron chi connectivity index (χ2n) is 6.11. The van der Waals surface area contributed by atoms with Crippen molar-refractivity contribution in [1.29, 1.82) is 0 Å². The van der Waals surface area contributed by atoms with E-state index in [0.29, 0.717) is 6.04 Å². The van der Waals surface area contributed by atoms with E-state index in [9.17, 15) is 0 Å². The van der Waals surface area contributed by atoms with Crippen LogP contribution in [0.3, 0.4) is 0 Å². The van der Waals surface area contributed by atoms with Crippen LogP contribution in [-0.2, 0) is 0 Å². The molecule has 2 aliphatic carbocycles. The summed E-state index contributed by atoms with van der Waals surface area (Å²) in [4.78, 5) is 7.06. The topological polar surface area (TPSA) is 42.1 Å². The van der Waals surface area contributed by atoms with Gasteiger partial charge in [0.15, 0.2) is 0 Å². The Labute approximate surface area is 109 Å². The van der Waals surface area contributed by atoms with Crippen LogP contribution in [0.15, 0.2) is 18.2 Å². The van der Waals surface area contributed by atoms with Crippen molar-refractivity contribution in [1.82, 2.24) is 4.98 Å². The van der Waals surface area contributed by atoms with Gasteiger partial charge in [0.05, 0.1) is 5.69 Å². The minimum Gasteiger partial charge on any atom is -0.357 e. The van der Waals surface area contributed by atoms with E-state index >= 15 is 0 Å². The van der Waals surface area contributed by atoms with E-state index in [1.807, 2.05) is 6.07 Å². The fourth-order valence-electron chi connectivity index (χ4n) is 3.04. The van der Waals surface area contributed by atoms with Gasteiger partial charge in [-0.25, -0.2) is 4.98 Å². The zero-order valence-electron chi connectivity index (χ0n) is 11.4. The van der Waals surface area contributed by atoms with Crippen molar-refractivity contribution >= 4 is 5.82 Å². The maximum absolute atomic E-state index is 6.06. The van der Waals surface area contributed by atoms with E-state index in [-0.39, 0.29) is 6.04 Å². The fourth-order valence-corrected chi connectivity index (χ4v) is 3.04. The number of rotatable bonds is 4. The Morgan fingerprint density at radius 1 is 1.44 bits per heavy atom. The van der Waals surface area contributed by atoms with Crippen LogP contribution in [0.2, 0.25) is 0 Å². The summed E-state index contributed by atoms with van der Waals surface area (Å²) in [7, 11) is 2.17. The van der Waals surface area contributed by atoms with Crippen LogP contribution in [0.1, 0.15) is 50.8 Å². The zero-order valence-corrected chi connectivity index (χ0v) is 11.4. The Morgan fingerprint density at radius 2 is 2.17 bits per heavy atom. The van der Waals surface area contributed by atoms with Gasteiger partial charge in [0, 0.05) is 19.1 Å². The van der Waals surface area contributed by atoms with E-state index in [2.05, 4.69) is 31.0 Å². The van der Waals surface area contributed by atoms with Gasteiger partial charge in [-0.1, -0.05) is 13.0 Å². The second kappa shape index (κ2) is 4.23. The Kier molecular flexibility index (Phi) is 2.81. The third-order valence-corrected chi connectivity index (χ3v) is 4.78. The van der Waals surface area contributed by atoms with Gasteiger partial charge in [-0.3, -0.25) is 0 Å². The predicted molar refractivity (Wildman–Crippen MR) is 74.5 cm³/mol. The minimum absolute atomic E-state index is 0.0644. The second-order valence-corrected chi connectivity index (χ2v) is 6.11. The van der Waals surface area contributed by atoms with Gasteiger partial charge in [0.25, 0.3) is 0 Å². The number of pyridine rings is 1. The van der Waals surface area contributed by atoms with Crippen LogP contribution in [0.5, 0.6) is 0 Å². The smallest absolute Gasteiger partial charge is 0.128 e. The highest BCUT2D eigenvalue weighted by Gasteiger charge is 2.54. The number of anilines is 1. The molecule has 18 heavy (non-hydrogen) atoms. The van der Waals surface area contributed by atoms with Crippen LogP contribution in [-0.4, -0.2) is 18.1 Å². The molecule has 2 N–H and O–H groups in total. The average molecular weight is 245 g/mol. The van der Waals surface area contributed by atoms with Crippen molar-refractivity contribution in [3.63, 3.8) is 0 Å². The zero-order chi connectivity index (χ0) is 12.8. The lowest BCUT2D eigenvalue weighted by Crippen LogP contribution is -2.44. The molecule has 3 rings (SSSR count). The molecular weight excluding hydrogens is 222 g/mol. The molecule has 0 saturated heterocycles. The fraction of sp³-hybridized carbons (Fsp3) is 0.667. The van der Waals surface area contributed by atoms with E-state index in [1.165, 1.54) is 25.7 Å². The molecule has 1 heterocycles. The lowest BCUT2D eigenvalue weighted by molar-refractivity contribution is 0.232. The van der Waals surface area contributed by atoms with Crippen LogP contribution < -0.4 is 10.6 Å². The third-order valence-electron chi connectivity index (χ3n) is 4.78. The predicted octanol–water partition coefficient (Wildman–Crippen LogP) is 2.87. The monoisotopic (exact) mass is 245 g/mol. The van der Waals surface area contributed by atoms with Gasteiger partial charge in [-0.2, -0.15) is 0 Å². The van der Waals surface area contributed by atoms with Crippen LogP contribution in [0.4, 0.5) is 5.82 Å². The molecule has 0 aliphatic heterocycles. The maximum atomic E-state index is 6.06. The van der Waals surface area contributed by atoms with Gasteiger partial charge in [-0.05, 0) is 49.7 Å². The van der Waals surface area contributed by atoms with Gasteiger partial charge in [0.1, 0.15) is 5.82 Å². The first-order valence-corrected chi connectivity index (χ1v) is 7.09. The van der Waals surface area contributed by atoms with Crippen molar-refractivity contribution in [3.05, 3.63) is 23.9 Å². The normalized spacial score (nSPS) is 22.6. The van der Waals surface area contributed by atoms with E-state index in [1.54, 1.807) is 0 Å². The first-order valence-electron chi connectivity index (χ1n) is 7.09. The molecule has 1 atom stereocenters. The molecule has 1 unspecified atom stereocenters. The highest BCUT2D eigenvalue weighted by molar-refractivity contribution is 5.41. The number of aromatic nitrogens is 1. The molecule has 0 amide bonds. The Hall–Kier alpha value is -1.09. The first-order chi connectivity index (χ1) is 8.63. The lowest BCUT2D eigenvalue weighted by Gasteiger charge is -2.42. The summed E-state index contributed by atoms with van der Waals surface area (Å²) in [5, 5.41) is 0. The molecule has 1 aromatic rings. The molecule has 3 heteroatoms. The molecular formula is C15H23N3. The molecule has 2 saturated carbocycles. The summed E-state index contributed by atoms with van der Waals surface area (Å²) >= 11 is 0. The first kappa shape index (κ1) is 12.0. The lowest BCUT2D eigenvalue weighted by atomic mass is 9.76. The standard InChI is InChI=1S/C15H23N3/c1-3-12(16)13-5-4-6-14(17-13)18(2)11-9-15(10-11)7-8-15/h4-6,11-12H,3,7-10,16H2,1-2H3. The van der Waals surface area contributed by atoms with E-state index < -0.39 is 0 Å². The van der Waals surface area contributed by atoms with Crippen LogP contribution >= 0.6 is 0 Å². The summed E-state index contributed by atoms with van der Waals surface area (Å²) in [6.07, 6.45) is 6.55. The van der Waals surface area contributed by atoms with Crippen molar-refractivity contribution in [3.8, 4) is 0 Å². The molecule has 98 valence electrons. The van der Waals surface area contributed by atoms with Crippen LogP contribution in [0.25, 0.3) is 0 Å². The Morgan fingerprint density at radius 3 is 2.78 bits per heavy atom. The summed E-state index contributed by atoms with van der Waals surface area (Å²) < 4.78 is 0. The van der Waals surface area contributed by atoms with E-state index in [0.717, 1.165) is 23.3 Å². The summed E-state index contributed by atoms with van der Waals surface area (Å²) in [6.45, 7) is 2.10. The van der Waals surface area contributed by atoms with Gasteiger partial charge < -0.3 is 10.6 Å². The molecule has 0 radical (unpaired) electrons. The molecule has 0 aromatic carbocycles. The van der Waals surface area contributed by atoms with Crippen molar-refractivity contribution in [2.45, 2.75) is 51.1 Å². The highest BCUT2D eigenvalue weighted by atomic mass is 15.2. The molecule has 1 aromatic heterocycles. The summed E-state index contributed by atoms with van der Waals surface area (Å²) in [6, 6.07) is 6.97. The minimum atomic E-state index is 0.0644. The largest absolute Gasteiger partial charge is 0.357 e. The Bertz CT molecular complexity index is 431. The summed E-state index contributed by atoms with van der Waals surface area (Å²) in [5.41, 5.74) is 7.82. The van der Waals surface area contributed by atoms with Crippen LogP contribution in [0, 0.1) is 5.41 Å². The molecule has 1 spiro atoms. The maximum Gasteiger partial charge on any atom is 0.128 e. The highest BCUT2D eigenvalue weighted by Crippen LogP contribution is 2.61. The number of hydrogen-bond acceptors (Lipinski definition) is 3. The molecule has 0 bridgehead atoms. The van der Waals surface area contributed by atoms with Gasteiger partial charge in [-0.15, -0.1) is 0 Å². The molecule has 2 fully saturated rings. The number of nitrogens with zero attached hydrogens (tertiary/aromatic N) is 2. The quantitative estimate of drug-likeness (QED) is 0.887. The third kappa shape index (κ3) is 2.01. The molecule has 2 aliphatic rings. The number of hydrogen-bond donors (Lipinski definition) is 1. The van der Waals surface area contributed by atoms with E-state index in [4.69, 9.17) is 10.7 Å². The SMILES string of the molecule is CCC(N)c1cccc(N(C)C2CC3(CC3)C2)n1.